The van der Waals surface area contributed by atoms with Crippen LogP contribution in [0.25, 0.3) is 0 Å². The first-order chi connectivity index (χ1) is 18.5. The summed E-state index contributed by atoms with van der Waals surface area (Å²) in [4.78, 5) is 58.7. The molecule has 0 saturated carbocycles. The Balaban J connectivity index is 1.02. The monoisotopic (exact) mass is 522 g/mol. The Hall–Kier alpha value is -2.82. The number of likely N-dealkylation sites (tertiary alicyclic amines) is 1. The van der Waals surface area contributed by atoms with Crippen LogP contribution in [0.2, 0.25) is 0 Å². The SMILES string of the molecule is O=C1CC(=O)C(N2C(=O)c3ccc(N4CCN(CC5CCN(C6CCNCC6)CC5)CC4)cc3C2=O)CN1. The number of anilines is 1. The van der Waals surface area contributed by atoms with Crippen LogP contribution in [0.5, 0.6) is 0 Å². The van der Waals surface area contributed by atoms with Crippen LogP contribution in [-0.2, 0) is 9.59 Å². The number of hydrogen-bond acceptors (Lipinski definition) is 8. The number of carbonyl (C=O) groups is 4. The molecule has 204 valence electrons. The van der Waals surface area contributed by atoms with E-state index in [0.29, 0.717) is 11.1 Å². The number of piperidine rings is 3. The molecule has 4 fully saturated rings. The summed E-state index contributed by atoms with van der Waals surface area (Å²) in [5, 5.41) is 6.07. The van der Waals surface area contributed by atoms with Crippen molar-refractivity contribution in [3.8, 4) is 0 Å². The number of amides is 3. The highest BCUT2D eigenvalue weighted by molar-refractivity contribution is 6.24. The van der Waals surface area contributed by atoms with Crippen molar-refractivity contribution in [2.24, 2.45) is 5.92 Å². The highest BCUT2D eigenvalue weighted by atomic mass is 16.2. The van der Waals surface area contributed by atoms with E-state index >= 15 is 0 Å². The Kier molecular flexibility index (Phi) is 7.20. The number of fused-ring (bicyclic) bond motifs is 1. The Morgan fingerprint density at radius 1 is 0.816 bits per heavy atom. The fourth-order valence-electron chi connectivity index (χ4n) is 6.85. The predicted molar refractivity (Wildman–Crippen MR) is 142 cm³/mol. The zero-order valence-corrected chi connectivity index (χ0v) is 22.0. The summed E-state index contributed by atoms with van der Waals surface area (Å²) in [5.74, 6) is -0.900. The van der Waals surface area contributed by atoms with E-state index in [-0.39, 0.29) is 18.9 Å². The first kappa shape index (κ1) is 25.5. The summed E-state index contributed by atoms with van der Waals surface area (Å²) in [6.07, 6.45) is 4.84. The van der Waals surface area contributed by atoms with Gasteiger partial charge in [0.05, 0.1) is 17.5 Å². The summed E-state index contributed by atoms with van der Waals surface area (Å²) < 4.78 is 0. The van der Waals surface area contributed by atoms with Gasteiger partial charge in [-0.05, 0) is 76.0 Å². The molecule has 1 aromatic carbocycles. The number of imide groups is 1. The van der Waals surface area contributed by atoms with Crippen LogP contribution in [0, 0.1) is 5.92 Å². The molecular weight excluding hydrogens is 484 g/mol. The Labute approximate surface area is 223 Å². The van der Waals surface area contributed by atoms with Crippen molar-refractivity contribution in [3.05, 3.63) is 29.3 Å². The molecular formula is C28H38N6O4. The van der Waals surface area contributed by atoms with Crippen LogP contribution in [-0.4, -0.2) is 116 Å². The van der Waals surface area contributed by atoms with Crippen molar-refractivity contribution < 1.29 is 19.2 Å². The fourth-order valence-corrected chi connectivity index (χ4v) is 6.85. The standard InChI is InChI=1S/C28H38N6O4/c35-25-16-26(36)30-17-24(25)34-27(37)22-2-1-21(15-23(22)28(34)38)33-13-11-31(12-14-33)18-19-5-9-32(10-6-19)20-3-7-29-8-4-20/h1-2,15,19-20,24,29H,3-14,16-18H2,(H,30,36). The lowest BCUT2D eigenvalue weighted by molar-refractivity contribution is -0.133. The van der Waals surface area contributed by atoms with Crippen molar-refractivity contribution in [3.63, 3.8) is 0 Å². The van der Waals surface area contributed by atoms with Crippen LogP contribution >= 0.6 is 0 Å². The summed E-state index contributed by atoms with van der Waals surface area (Å²) in [7, 11) is 0. The largest absolute Gasteiger partial charge is 0.369 e. The van der Waals surface area contributed by atoms with Gasteiger partial charge in [0.15, 0.2) is 5.78 Å². The third kappa shape index (κ3) is 4.97. The van der Waals surface area contributed by atoms with E-state index in [4.69, 9.17) is 0 Å². The minimum absolute atomic E-state index is 0.0188. The normalized spacial score (nSPS) is 26.7. The molecule has 0 radical (unpaired) electrons. The maximum atomic E-state index is 13.2. The number of carbonyl (C=O) groups excluding carboxylic acids is 4. The fraction of sp³-hybridized carbons (Fsp3) is 0.643. The summed E-state index contributed by atoms with van der Waals surface area (Å²) in [6, 6.07) is 5.25. The third-order valence-corrected chi connectivity index (χ3v) is 9.14. The highest BCUT2D eigenvalue weighted by Crippen LogP contribution is 2.30. The molecule has 2 N–H and O–H groups in total. The molecule has 10 nitrogen and oxygen atoms in total. The number of nitrogens with one attached hydrogen (secondary N) is 2. The summed E-state index contributed by atoms with van der Waals surface area (Å²) in [5.41, 5.74) is 1.61. The van der Waals surface area contributed by atoms with Crippen LogP contribution in [0.4, 0.5) is 5.69 Å². The Bertz CT molecular complexity index is 1100. The quantitative estimate of drug-likeness (QED) is 0.421. The van der Waals surface area contributed by atoms with Gasteiger partial charge in [-0.1, -0.05) is 0 Å². The number of benzene rings is 1. The molecule has 4 saturated heterocycles. The molecule has 0 spiro atoms. The van der Waals surface area contributed by atoms with Gasteiger partial charge in [-0.25, -0.2) is 0 Å². The number of hydrogen-bond donors (Lipinski definition) is 2. The van der Waals surface area contributed by atoms with E-state index in [0.717, 1.165) is 68.4 Å². The zero-order valence-electron chi connectivity index (χ0n) is 22.0. The second-order valence-electron chi connectivity index (χ2n) is 11.4. The number of rotatable bonds is 5. The van der Waals surface area contributed by atoms with Gasteiger partial charge >= 0.3 is 0 Å². The van der Waals surface area contributed by atoms with Crippen LogP contribution in [0.15, 0.2) is 18.2 Å². The third-order valence-electron chi connectivity index (χ3n) is 9.14. The van der Waals surface area contributed by atoms with Crippen molar-refractivity contribution in [1.82, 2.24) is 25.3 Å². The molecule has 38 heavy (non-hydrogen) atoms. The van der Waals surface area contributed by atoms with E-state index in [2.05, 4.69) is 25.3 Å². The van der Waals surface area contributed by atoms with Crippen molar-refractivity contribution in [1.29, 1.82) is 0 Å². The van der Waals surface area contributed by atoms with Gasteiger partial charge in [0, 0.05) is 51.0 Å². The number of Topliss-reactive ketones (excluding diaryl/α,β-unsaturated/α-hetero) is 1. The molecule has 1 atom stereocenters. The second kappa shape index (κ2) is 10.7. The average Bonchev–Trinajstić information content (AvgIpc) is 3.19. The van der Waals surface area contributed by atoms with Crippen LogP contribution < -0.4 is 15.5 Å². The molecule has 10 heteroatoms. The Morgan fingerprint density at radius 3 is 2.24 bits per heavy atom. The highest BCUT2D eigenvalue weighted by Gasteiger charge is 2.44. The van der Waals surface area contributed by atoms with E-state index in [9.17, 15) is 19.2 Å². The van der Waals surface area contributed by atoms with Gasteiger partial charge in [0.1, 0.15) is 6.04 Å². The smallest absolute Gasteiger partial charge is 0.262 e. The first-order valence-corrected chi connectivity index (χ1v) is 14.2. The van der Waals surface area contributed by atoms with Crippen molar-refractivity contribution >= 4 is 29.2 Å². The lowest BCUT2D eigenvalue weighted by Gasteiger charge is -2.42. The second-order valence-corrected chi connectivity index (χ2v) is 11.4. The molecule has 1 unspecified atom stereocenters. The molecule has 0 bridgehead atoms. The molecule has 5 heterocycles. The van der Waals surface area contributed by atoms with Gasteiger partial charge < -0.3 is 20.4 Å². The zero-order chi connectivity index (χ0) is 26.2. The van der Waals surface area contributed by atoms with Gasteiger partial charge in [-0.2, -0.15) is 0 Å². The summed E-state index contributed by atoms with van der Waals surface area (Å²) >= 11 is 0. The lowest BCUT2D eigenvalue weighted by atomic mass is 9.93. The number of piperazine rings is 1. The molecule has 5 aliphatic rings. The van der Waals surface area contributed by atoms with E-state index < -0.39 is 23.6 Å². The molecule has 3 amide bonds. The topological polar surface area (TPSA) is 105 Å². The van der Waals surface area contributed by atoms with Crippen LogP contribution in [0.1, 0.15) is 52.8 Å². The molecule has 6 rings (SSSR count). The minimum Gasteiger partial charge on any atom is -0.369 e. The average molecular weight is 523 g/mol. The van der Waals surface area contributed by atoms with Crippen LogP contribution in [0.3, 0.4) is 0 Å². The molecule has 0 aliphatic carbocycles. The number of ketones is 1. The number of nitrogens with zero attached hydrogens (tertiary/aromatic N) is 4. The minimum atomic E-state index is -0.932. The summed E-state index contributed by atoms with van der Waals surface area (Å²) in [6.45, 7) is 9.64. The van der Waals surface area contributed by atoms with Gasteiger partial charge in [-0.3, -0.25) is 29.0 Å². The maximum absolute atomic E-state index is 13.2. The molecule has 1 aromatic rings. The first-order valence-electron chi connectivity index (χ1n) is 14.2. The van der Waals surface area contributed by atoms with E-state index in [1.54, 1.807) is 12.1 Å². The molecule has 5 aliphatic heterocycles. The van der Waals surface area contributed by atoms with E-state index in [1.165, 1.54) is 38.8 Å². The predicted octanol–water partition coefficient (Wildman–Crippen LogP) is 0.326. The van der Waals surface area contributed by atoms with Crippen molar-refractivity contribution in [2.45, 2.75) is 44.2 Å². The van der Waals surface area contributed by atoms with Gasteiger partial charge in [-0.15, -0.1) is 0 Å². The van der Waals surface area contributed by atoms with Gasteiger partial charge in [0.25, 0.3) is 11.8 Å². The molecule has 0 aromatic heterocycles. The Morgan fingerprint density at radius 2 is 1.53 bits per heavy atom. The van der Waals surface area contributed by atoms with Gasteiger partial charge in [0.2, 0.25) is 5.91 Å². The maximum Gasteiger partial charge on any atom is 0.262 e. The van der Waals surface area contributed by atoms with E-state index in [1.807, 2.05) is 6.07 Å². The van der Waals surface area contributed by atoms with Crippen molar-refractivity contribution in [2.75, 3.05) is 70.3 Å². The lowest BCUT2D eigenvalue weighted by Crippen LogP contribution is -2.55.